The maximum atomic E-state index is 12.4. The zero-order valence-corrected chi connectivity index (χ0v) is 16.4. The lowest BCUT2D eigenvalue weighted by Crippen LogP contribution is -2.34. The summed E-state index contributed by atoms with van der Waals surface area (Å²) in [6, 6.07) is 9.54. The summed E-state index contributed by atoms with van der Waals surface area (Å²) in [6.07, 6.45) is -0.342. The summed E-state index contributed by atoms with van der Waals surface area (Å²) in [7, 11) is 3.08. The predicted octanol–water partition coefficient (Wildman–Crippen LogP) is 5.32. The summed E-state index contributed by atoms with van der Waals surface area (Å²) in [5.74, 6) is -0.822. The van der Waals surface area contributed by atoms with Gasteiger partial charge in [-0.15, -0.1) is 0 Å². The second-order valence-electron chi connectivity index (χ2n) is 5.27. The van der Waals surface area contributed by atoms with E-state index in [1.165, 1.54) is 21.9 Å². The minimum atomic E-state index is -0.411. The molecule has 132 valence electrons. The average Bonchev–Trinajstić information content (AvgIpc) is 2.53. The standard InChI is InChI=1S/C17H14Cl4N2O2/c1-22(14-5-3-10(18)7-12(14)20)16(24)9-17(25)23(2)15-6-4-11(19)8-13(15)21/h3-8H,9H2,1-2H3. The number of benzene rings is 2. The van der Waals surface area contributed by atoms with Gasteiger partial charge in [0, 0.05) is 24.1 Å². The van der Waals surface area contributed by atoms with Gasteiger partial charge in [0.25, 0.3) is 0 Å². The van der Waals surface area contributed by atoms with Gasteiger partial charge in [0.05, 0.1) is 21.4 Å². The monoisotopic (exact) mass is 418 g/mol. The highest BCUT2D eigenvalue weighted by Crippen LogP contribution is 2.30. The highest BCUT2D eigenvalue weighted by atomic mass is 35.5. The largest absolute Gasteiger partial charge is 0.314 e. The molecule has 0 atom stereocenters. The fraction of sp³-hybridized carbons (Fsp3) is 0.176. The number of amides is 2. The minimum absolute atomic E-state index is 0.324. The van der Waals surface area contributed by atoms with Crippen molar-refractivity contribution in [1.29, 1.82) is 0 Å². The highest BCUT2D eigenvalue weighted by Gasteiger charge is 2.21. The Bertz CT molecular complexity index is 759. The summed E-state index contributed by atoms with van der Waals surface area (Å²) >= 11 is 23.9. The Labute approximate surface area is 165 Å². The molecule has 0 heterocycles. The molecule has 0 spiro atoms. The van der Waals surface area contributed by atoms with Gasteiger partial charge in [0.1, 0.15) is 6.42 Å². The molecule has 0 saturated carbocycles. The summed E-state index contributed by atoms with van der Waals surface area (Å²) in [4.78, 5) is 27.4. The van der Waals surface area contributed by atoms with Crippen molar-refractivity contribution in [3.63, 3.8) is 0 Å². The Morgan fingerprint density at radius 2 is 1.12 bits per heavy atom. The first-order chi connectivity index (χ1) is 11.7. The van der Waals surface area contributed by atoms with Gasteiger partial charge in [-0.2, -0.15) is 0 Å². The van der Waals surface area contributed by atoms with Crippen LogP contribution >= 0.6 is 46.4 Å². The van der Waals surface area contributed by atoms with Crippen molar-refractivity contribution < 1.29 is 9.59 Å². The lowest BCUT2D eigenvalue weighted by molar-refractivity contribution is -0.126. The van der Waals surface area contributed by atoms with E-state index in [2.05, 4.69) is 0 Å². The van der Waals surface area contributed by atoms with E-state index in [1.807, 2.05) is 0 Å². The molecule has 4 nitrogen and oxygen atoms in total. The fourth-order valence-electron chi connectivity index (χ4n) is 2.14. The van der Waals surface area contributed by atoms with Crippen molar-refractivity contribution in [3.8, 4) is 0 Å². The first-order valence-electron chi connectivity index (χ1n) is 7.14. The highest BCUT2D eigenvalue weighted by molar-refractivity contribution is 6.37. The molecular weight excluding hydrogens is 406 g/mol. The maximum Gasteiger partial charge on any atom is 0.236 e. The van der Waals surface area contributed by atoms with Crippen molar-refractivity contribution in [1.82, 2.24) is 0 Å². The maximum absolute atomic E-state index is 12.4. The van der Waals surface area contributed by atoms with Crippen LogP contribution in [0, 0.1) is 0 Å². The molecule has 2 amide bonds. The van der Waals surface area contributed by atoms with E-state index in [0.717, 1.165) is 0 Å². The summed E-state index contributed by atoms with van der Waals surface area (Å²) in [5.41, 5.74) is 0.937. The van der Waals surface area contributed by atoms with Crippen LogP contribution < -0.4 is 9.80 Å². The zero-order valence-electron chi connectivity index (χ0n) is 13.4. The third-order valence-electron chi connectivity index (χ3n) is 3.59. The molecule has 0 radical (unpaired) electrons. The molecule has 0 aliphatic heterocycles. The van der Waals surface area contributed by atoms with Crippen LogP contribution in [-0.4, -0.2) is 25.9 Å². The molecule has 2 aromatic rings. The number of rotatable bonds is 4. The normalized spacial score (nSPS) is 10.5. The van der Waals surface area contributed by atoms with Crippen LogP contribution in [0.3, 0.4) is 0 Å². The van der Waals surface area contributed by atoms with Gasteiger partial charge in [0.2, 0.25) is 11.8 Å². The van der Waals surface area contributed by atoms with Crippen LogP contribution in [0.25, 0.3) is 0 Å². The van der Waals surface area contributed by atoms with Crippen LogP contribution in [0.1, 0.15) is 6.42 Å². The van der Waals surface area contributed by atoms with Crippen LogP contribution in [0.15, 0.2) is 36.4 Å². The molecule has 2 rings (SSSR count). The molecule has 0 fully saturated rings. The molecule has 0 unspecified atom stereocenters. The Kier molecular flexibility index (Phi) is 6.58. The van der Waals surface area contributed by atoms with E-state index in [1.54, 1.807) is 38.4 Å². The second-order valence-corrected chi connectivity index (χ2v) is 6.96. The van der Waals surface area contributed by atoms with Gasteiger partial charge in [-0.1, -0.05) is 46.4 Å². The van der Waals surface area contributed by atoms with Gasteiger partial charge in [-0.25, -0.2) is 0 Å². The Hall–Kier alpha value is -1.46. The third kappa shape index (κ3) is 4.79. The van der Waals surface area contributed by atoms with Gasteiger partial charge in [-0.3, -0.25) is 9.59 Å². The Morgan fingerprint density at radius 3 is 1.44 bits per heavy atom. The third-order valence-corrected chi connectivity index (χ3v) is 4.67. The van der Waals surface area contributed by atoms with E-state index in [-0.39, 0.29) is 6.42 Å². The van der Waals surface area contributed by atoms with Crippen LogP contribution in [-0.2, 0) is 9.59 Å². The first kappa shape index (κ1) is 19.9. The summed E-state index contributed by atoms with van der Waals surface area (Å²) < 4.78 is 0. The molecule has 0 saturated heterocycles. The minimum Gasteiger partial charge on any atom is -0.314 e. The fourth-order valence-corrected chi connectivity index (χ4v) is 3.21. The van der Waals surface area contributed by atoms with Crippen LogP contribution in [0.5, 0.6) is 0 Å². The topological polar surface area (TPSA) is 40.6 Å². The number of nitrogens with zero attached hydrogens (tertiary/aromatic N) is 2. The van der Waals surface area contributed by atoms with Gasteiger partial charge in [0.15, 0.2) is 0 Å². The van der Waals surface area contributed by atoms with Crippen molar-refractivity contribution >= 4 is 69.6 Å². The second kappa shape index (κ2) is 8.28. The van der Waals surface area contributed by atoms with Crippen molar-refractivity contribution in [2.75, 3.05) is 23.9 Å². The number of hydrogen-bond acceptors (Lipinski definition) is 2. The van der Waals surface area contributed by atoms with Crippen molar-refractivity contribution in [3.05, 3.63) is 56.5 Å². The van der Waals surface area contributed by atoms with Crippen molar-refractivity contribution in [2.45, 2.75) is 6.42 Å². The van der Waals surface area contributed by atoms with E-state index < -0.39 is 11.8 Å². The SMILES string of the molecule is CN(C(=O)CC(=O)N(C)c1ccc(Cl)cc1Cl)c1ccc(Cl)cc1Cl. The van der Waals surface area contributed by atoms with Gasteiger partial charge < -0.3 is 9.80 Å². The van der Waals surface area contributed by atoms with Crippen LogP contribution in [0.2, 0.25) is 20.1 Å². The van der Waals surface area contributed by atoms with E-state index >= 15 is 0 Å². The summed E-state index contributed by atoms with van der Waals surface area (Å²) in [5, 5.41) is 1.57. The lowest BCUT2D eigenvalue weighted by atomic mass is 10.2. The molecular formula is C17H14Cl4N2O2. The predicted molar refractivity (Wildman–Crippen MR) is 104 cm³/mol. The number of hydrogen-bond donors (Lipinski definition) is 0. The zero-order chi connectivity index (χ0) is 18.7. The lowest BCUT2D eigenvalue weighted by Gasteiger charge is -2.22. The number of halogens is 4. The average molecular weight is 420 g/mol. The molecule has 8 heteroatoms. The smallest absolute Gasteiger partial charge is 0.236 e. The molecule has 0 aliphatic rings. The van der Waals surface area contributed by atoms with Crippen LogP contribution in [0.4, 0.5) is 11.4 Å². The molecule has 0 aromatic heterocycles. The Balaban J connectivity index is 2.12. The Morgan fingerprint density at radius 1 is 0.760 bits per heavy atom. The van der Waals surface area contributed by atoms with Gasteiger partial charge >= 0.3 is 0 Å². The van der Waals surface area contributed by atoms with E-state index in [9.17, 15) is 9.59 Å². The molecule has 0 N–H and O–H groups in total. The summed E-state index contributed by atoms with van der Waals surface area (Å²) in [6.45, 7) is 0. The first-order valence-corrected chi connectivity index (χ1v) is 8.65. The number of carbonyl (C=O) groups is 2. The van der Waals surface area contributed by atoms with E-state index in [4.69, 9.17) is 46.4 Å². The van der Waals surface area contributed by atoms with Gasteiger partial charge in [-0.05, 0) is 36.4 Å². The molecule has 0 bridgehead atoms. The quantitative estimate of drug-likeness (QED) is 0.629. The van der Waals surface area contributed by atoms with E-state index in [0.29, 0.717) is 31.5 Å². The molecule has 2 aromatic carbocycles. The molecule has 0 aliphatic carbocycles. The number of anilines is 2. The number of carbonyl (C=O) groups excluding carboxylic acids is 2. The molecule has 25 heavy (non-hydrogen) atoms. The van der Waals surface area contributed by atoms with Crippen molar-refractivity contribution in [2.24, 2.45) is 0 Å².